The predicted molar refractivity (Wildman–Crippen MR) is 96.6 cm³/mol. The molecule has 1 unspecified atom stereocenters. The Bertz CT molecular complexity index is 639. The first-order valence-corrected chi connectivity index (χ1v) is 8.83. The Morgan fingerprint density at radius 1 is 0.957 bits per heavy atom. The van der Waals surface area contributed by atoms with E-state index >= 15 is 0 Å². The van der Waals surface area contributed by atoms with Crippen LogP contribution >= 0.6 is 24.8 Å². The molecule has 0 radical (unpaired) electrons. The van der Waals surface area contributed by atoms with Crippen molar-refractivity contribution in [1.29, 1.82) is 0 Å². The zero-order valence-electron chi connectivity index (χ0n) is 13.2. The zero-order chi connectivity index (χ0) is 13.9. The fraction of sp³-hybridized carbons (Fsp3) is 0.263. The molecule has 0 aromatic heterocycles. The van der Waals surface area contributed by atoms with Crippen LogP contribution in [0.5, 0.6) is 0 Å². The maximum absolute atomic E-state index is 2.46. The molecule has 0 N–H and O–H groups in total. The van der Waals surface area contributed by atoms with E-state index in [-0.39, 0.29) is 51.0 Å². The van der Waals surface area contributed by atoms with Crippen molar-refractivity contribution in [3.63, 3.8) is 0 Å². The van der Waals surface area contributed by atoms with Gasteiger partial charge in [-0.15, -0.1) is 24.8 Å². The molecular formula is C19H21Cl2Zr2. The molecule has 1 aliphatic rings. The second-order valence-electron chi connectivity index (χ2n) is 5.43. The summed E-state index contributed by atoms with van der Waals surface area (Å²) in [6, 6.07) is 17.6. The molecule has 0 bridgehead atoms. The second-order valence-corrected chi connectivity index (χ2v) is 6.85. The Hall–Kier alpha value is 0.526. The molecule has 23 heavy (non-hydrogen) atoms. The predicted octanol–water partition coefficient (Wildman–Crippen LogP) is 6.37. The van der Waals surface area contributed by atoms with Crippen LogP contribution < -0.4 is 0 Å². The van der Waals surface area contributed by atoms with Gasteiger partial charge in [-0.2, -0.15) is 0 Å². The number of fused-ring (bicyclic) bond motifs is 1. The second kappa shape index (κ2) is 11.2. The summed E-state index contributed by atoms with van der Waals surface area (Å²) < 4.78 is 0.674. The molecule has 2 aromatic carbocycles. The van der Waals surface area contributed by atoms with Crippen LogP contribution in [-0.2, 0) is 50.9 Å². The minimum Gasteiger partial charge on any atom is -0.147 e. The number of benzene rings is 2. The molecule has 3 rings (SSSR count). The van der Waals surface area contributed by atoms with Crippen LogP contribution in [-0.4, -0.2) is 0 Å². The first kappa shape index (κ1) is 23.5. The van der Waals surface area contributed by atoms with Gasteiger partial charge in [0.2, 0.25) is 0 Å². The van der Waals surface area contributed by atoms with Crippen molar-refractivity contribution in [2.24, 2.45) is 0 Å². The van der Waals surface area contributed by atoms with Crippen molar-refractivity contribution < 1.29 is 50.9 Å². The van der Waals surface area contributed by atoms with E-state index in [1.165, 1.54) is 41.5 Å². The molecule has 4 heteroatoms. The van der Waals surface area contributed by atoms with Gasteiger partial charge in [0, 0.05) is 26.2 Å². The number of hydrogen-bond acceptors (Lipinski definition) is 0. The number of allylic oxidation sites excluding steroid dienone is 1. The number of halogens is 2. The van der Waals surface area contributed by atoms with Crippen molar-refractivity contribution >= 4 is 30.9 Å². The SMILES string of the molecule is CCCCC1=Cc2c(-c3ccccc3)cccc2[CH]1[Zr].Cl.Cl.[Zr]. The van der Waals surface area contributed by atoms with Crippen molar-refractivity contribution in [3.05, 3.63) is 65.2 Å². The Morgan fingerprint density at radius 2 is 1.65 bits per heavy atom. The van der Waals surface area contributed by atoms with Crippen molar-refractivity contribution in [2.75, 3.05) is 0 Å². The first-order chi connectivity index (χ1) is 9.81. The molecule has 2 aromatic rings. The van der Waals surface area contributed by atoms with Crippen LogP contribution in [0.4, 0.5) is 0 Å². The molecule has 0 aliphatic heterocycles. The minimum atomic E-state index is 0. The molecule has 0 fully saturated rings. The summed E-state index contributed by atoms with van der Waals surface area (Å²) in [5.41, 5.74) is 7.37. The van der Waals surface area contributed by atoms with E-state index in [9.17, 15) is 0 Å². The normalized spacial score (nSPS) is 14.6. The summed E-state index contributed by atoms with van der Waals surface area (Å²) in [6.45, 7) is 2.27. The van der Waals surface area contributed by atoms with E-state index in [0.717, 1.165) is 0 Å². The van der Waals surface area contributed by atoms with E-state index in [1.54, 1.807) is 30.3 Å². The fourth-order valence-electron chi connectivity index (χ4n) is 2.93. The average molecular weight is 503 g/mol. The summed E-state index contributed by atoms with van der Waals surface area (Å²) in [5.74, 6) is 0. The van der Waals surface area contributed by atoms with Crippen molar-refractivity contribution in [2.45, 2.75) is 29.8 Å². The van der Waals surface area contributed by atoms with E-state index in [0.29, 0.717) is 3.63 Å². The van der Waals surface area contributed by atoms with Gasteiger partial charge in [-0.05, 0) is 0 Å². The van der Waals surface area contributed by atoms with Gasteiger partial charge in [-0.25, -0.2) is 0 Å². The third kappa shape index (κ3) is 5.25. The molecule has 0 amide bonds. The standard InChI is InChI=1S/C19H19.2ClH.2Zr/c1-2-3-8-15-13-17-11-7-12-18(19(17)14-15)16-9-5-4-6-10-16;;;;/h4-7,9-14H,2-3,8H2,1H3;2*1H;;. The van der Waals surface area contributed by atoms with Gasteiger partial charge in [-0.3, -0.25) is 0 Å². The Balaban J connectivity index is 0.00000161. The van der Waals surface area contributed by atoms with Crippen LogP contribution in [0.3, 0.4) is 0 Å². The monoisotopic (exact) mass is 499 g/mol. The van der Waals surface area contributed by atoms with Gasteiger partial charge < -0.3 is 0 Å². The third-order valence-corrected chi connectivity index (χ3v) is 5.73. The molecule has 1 aliphatic carbocycles. The zero-order valence-corrected chi connectivity index (χ0v) is 19.8. The molecule has 1 atom stereocenters. The Labute approximate surface area is 186 Å². The summed E-state index contributed by atoms with van der Waals surface area (Å²) >= 11 is 1.62. The quantitative estimate of drug-likeness (QED) is 0.456. The van der Waals surface area contributed by atoms with Gasteiger partial charge >= 0.3 is 137 Å². The fourth-order valence-corrected chi connectivity index (χ4v) is 4.11. The van der Waals surface area contributed by atoms with Gasteiger partial charge in [0.1, 0.15) is 0 Å². The molecule has 0 saturated carbocycles. The Kier molecular flexibility index (Phi) is 11.5. The summed E-state index contributed by atoms with van der Waals surface area (Å²) in [4.78, 5) is 0. The summed E-state index contributed by atoms with van der Waals surface area (Å²) in [7, 11) is 0. The molecule has 0 nitrogen and oxygen atoms in total. The van der Waals surface area contributed by atoms with Crippen LogP contribution in [0.2, 0.25) is 0 Å². The molecule has 0 spiro atoms. The van der Waals surface area contributed by atoms with Crippen LogP contribution in [0.25, 0.3) is 17.2 Å². The molecule has 0 heterocycles. The van der Waals surface area contributed by atoms with E-state index < -0.39 is 0 Å². The number of unbranched alkanes of at least 4 members (excludes halogenated alkanes) is 1. The van der Waals surface area contributed by atoms with E-state index in [2.05, 4.69) is 61.5 Å². The van der Waals surface area contributed by atoms with Crippen molar-refractivity contribution in [1.82, 2.24) is 0 Å². The summed E-state index contributed by atoms with van der Waals surface area (Å²) in [5, 5.41) is 0. The van der Waals surface area contributed by atoms with Gasteiger partial charge in [0.25, 0.3) is 0 Å². The van der Waals surface area contributed by atoms with Gasteiger partial charge in [0.15, 0.2) is 0 Å². The average Bonchev–Trinajstić information content (AvgIpc) is 2.83. The van der Waals surface area contributed by atoms with E-state index in [1.807, 2.05) is 0 Å². The Morgan fingerprint density at radius 3 is 2.30 bits per heavy atom. The van der Waals surface area contributed by atoms with Crippen LogP contribution in [0.15, 0.2) is 54.1 Å². The maximum Gasteiger partial charge on any atom is 0 e. The molecule has 0 saturated heterocycles. The van der Waals surface area contributed by atoms with Crippen molar-refractivity contribution in [3.8, 4) is 11.1 Å². The van der Waals surface area contributed by atoms with Gasteiger partial charge in [0.05, 0.1) is 0 Å². The minimum absolute atomic E-state index is 0. The topological polar surface area (TPSA) is 0 Å². The number of rotatable bonds is 4. The maximum atomic E-state index is 2.46. The molecular weight excluding hydrogens is 482 g/mol. The summed E-state index contributed by atoms with van der Waals surface area (Å²) in [6.07, 6.45) is 6.31. The van der Waals surface area contributed by atoms with E-state index in [4.69, 9.17) is 0 Å². The largest absolute Gasteiger partial charge is 0.147 e. The van der Waals surface area contributed by atoms with Crippen LogP contribution in [0, 0.1) is 0 Å². The molecule has 119 valence electrons. The first-order valence-electron chi connectivity index (χ1n) is 7.41. The van der Waals surface area contributed by atoms with Crippen LogP contribution in [0.1, 0.15) is 40.9 Å². The van der Waals surface area contributed by atoms with Gasteiger partial charge in [-0.1, -0.05) is 0 Å². The third-order valence-electron chi connectivity index (χ3n) is 4.06. The smallest absolute Gasteiger partial charge is 0 e. The number of hydrogen-bond donors (Lipinski definition) is 0.